The van der Waals surface area contributed by atoms with Gasteiger partial charge in [0, 0.05) is 19.6 Å². The van der Waals surface area contributed by atoms with E-state index < -0.39 is 142 Å². The first-order chi connectivity index (χ1) is 57.2. The number of aliphatic hydroxyl groups excluding tert-OH is 1. The molecule has 0 bridgehead atoms. The molecule has 58 heteroatoms. The topological polar surface area (TPSA) is 823 Å². The highest BCUT2D eigenvalue weighted by atomic mass is 32.2. The minimum absolute atomic E-state index is 0.0417. The van der Waals surface area contributed by atoms with E-state index in [9.17, 15) is 83.5 Å². The van der Waals surface area contributed by atoms with Gasteiger partial charge in [0.1, 0.15) is 64.9 Å². The van der Waals surface area contributed by atoms with Crippen LogP contribution in [-0.2, 0) is 91.6 Å². The smallest absolute Gasteiger partial charge is 0.339 e. The maximum atomic E-state index is 10.4. The zero-order chi connectivity index (χ0) is 104. The largest absolute Gasteiger partial charge is 0.481 e. The summed E-state index contributed by atoms with van der Waals surface area (Å²) in [5.74, 6) is -10.4. The van der Waals surface area contributed by atoms with Crippen molar-refractivity contribution in [3.8, 4) is 0 Å². The van der Waals surface area contributed by atoms with Gasteiger partial charge in [0.05, 0.1) is 51.0 Å². The Morgan fingerprint density at radius 1 is 0.535 bits per heavy atom. The maximum absolute atomic E-state index is 10.4. The lowest BCUT2D eigenvalue weighted by atomic mass is 9.98. The number of aliphatic carboxylic acids is 12. The van der Waals surface area contributed by atoms with Crippen LogP contribution in [0.2, 0.25) is 0 Å². The van der Waals surface area contributed by atoms with Crippen molar-refractivity contribution in [2.24, 2.45) is 11.8 Å². The molecule has 3 aliphatic heterocycles. The Hall–Kier alpha value is -6.96. The van der Waals surface area contributed by atoms with E-state index in [-0.39, 0.29) is 67.9 Å². The fourth-order valence-corrected chi connectivity index (χ4v) is 8.86. The third-order valence-electron chi connectivity index (χ3n) is 15.8. The molecule has 762 valence electrons. The fraction of sp³-hybridized carbons (Fsp3) is 0.826. The number of hydrogen-bond donors (Lipinski definition) is 27. The normalized spacial score (nSPS) is 15.5. The standard InChI is InChI=1S/C7H13NO2.C6H11NO3.C6H13NO2.2C5H9NO2.3C5H11NO2.C4H9NO3.2C4H9NO2.C3H10NO3P.C3H9NO3S.C3H7NO2.C2H8NO3P.C2H7NO3S/c1-8-4-2-6(3-5-8)7(9)10;1-7-2-3-10-4-5(7)6(8)9;1-6(2,5(8)9)7(3)4;1-6-2-4(3-6)5(7)8;1-6-5(2-3-5)4(7)8;1-5(2,6-3)4(7)8;1-4(5(7)8)6(2)3;1-3-4(6-2)5(7)8;1-5-3(2-6)4(7)8;1-5(2)3-4(6)7;1-3(5-2)4(6)7;2*1-4(2)3-8(5,6)7;1-4-2-3(5)6;2*1-3-2-7(4,5)6/h6H,2-5H2,1H3,(H,9,10);5H,2-4H2,1H3,(H,8,9);1-4H3,(H,8,9);4H,2-3H2,1H3,(H,7,8);6H,2-3H2,1H3,(H,7,8);6H,1-3H3,(H,7,8);4H,1-3H3,(H,7,8);4,6H,3H2,1-2H3,(H,7,8);3,5-6H,2H2,1H3,(H,7,8);3H2,1-2H3,(H,6,7);3,5H,1-2H3,(H,6,7);3H2,1-2H3,(H2,5,6,7);3H2,1-2H3,(H,5,6,7);4H,2H2,1H3,(H,5,6);3H,2H2,1H3,(H2,4,5,6);3H,2H2,1H3,(H,4,5,6). The number of carboxylic acid groups (broad SMARTS) is 12. The number of piperidine rings is 1. The van der Waals surface area contributed by atoms with E-state index in [0.29, 0.717) is 26.2 Å². The Kier molecular flexibility index (Phi) is 91.7. The summed E-state index contributed by atoms with van der Waals surface area (Å²) in [6.45, 7) is 16.3. The number of nitrogens with zero attached hydrogens (tertiary/aromatic N) is 8. The molecular weight excluding hydrogens is 1790 g/mol. The van der Waals surface area contributed by atoms with E-state index >= 15 is 0 Å². The molecule has 4 fully saturated rings. The Morgan fingerprint density at radius 2 is 0.969 bits per heavy atom. The molecule has 0 spiro atoms. The van der Waals surface area contributed by atoms with Crippen molar-refractivity contribution in [1.82, 2.24) is 81.7 Å². The Balaban J connectivity index is -0.000000111. The quantitative estimate of drug-likeness (QED) is 0.0227. The van der Waals surface area contributed by atoms with Gasteiger partial charge in [-0.05, 0) is 235 Å². The summed E-state index contributed by atoms with van der Waals surface area (Å²) in [7, 11) is 19.9. The average Bonchev–Trinajstić information content (AvgIpc) is 1.65. The molecule has 5 atom stereocenters. The third-order valence-corrected chi connectivity index (χ3v) is 18.9. The van der Waals surface area contributed by atoms with Crippen LogP contribution in [0.1, 0.15) is 80.6 Å². The van der Waals surface area contributed by atoms with E-state index in [2.05, 4.69) is 47.4 Å². The molecule has 3 heterocycles. The van der Waals surface area contributed by atoms with Gasteiger partial charge in [0.25, 0.3) is 20.2 Å². The predicted molar refractivity (Wildman–Crippen MR) is 471 cm³/mol. The molecule has 1 aliphatic carbocycles. The van der Waals surface area contributed by atoms with E-state index in [1.54, 1.807) is 174 Å². The van der Waals surface area contributed by atoms with E-state index in [1.165, 1.54) is 30.9 Å². The van der Waals surface area contributed by atoms with E-state index in [1.807, 2.05) is 25.9 Å². The van der Waals surface area contributed by atoms with Gasteiger partial charge in [-0.2, -0.15) is 16.8 Å². The first kappa shape index (κ1) is 146. The molecule has 54 nitrogen and oxygen atoms in total. The highest BCUT2D eigenvalue weighted by Crippen LogP contribution is 2.35. The molecule has 4 aliphatic rings. The summed E-state index contributed by atoms with van der Waals surface area (Å²) in [6, 6.07) is -2.46. The maximum Gasteiger partial charge on any atom is 0.339 e. The monoisotopic (exact) mass is 1940 g/mol. The van der Waals surface area contributed by atoms with Crippen LogP contribution in [0.3, 0.4) is 0 Å². The van der Waals surface area contributed by atoms with Gasteiger partial charge in [0.15, 0.2) is 0 Å². The minimum Gasteiger partial charge on any atom is -0.481 e. The molecule has 0 aromatic heterocycles. The Labute approximate surface area is 746 Å². The van der Waals surface area contributed by atoms with Crippen LogP contribution in [0, 0.1) is 11.8 Å². The van der Waals surface area contributed by atoms with Crippen LogP contribution >= 0.6 is 15.2 Å². The first-order valence-corrected chi connectivity index (χ1v) is 44.7. The second-order valence-corrected chi connectivity index (χ2v) is 35.6. The van der Waals surface area contributed by atoms with Crippen LogP contribution in [0.25, 0.3) is 0 Å². The lowest BCUT2D eigenvalue weighted by Crippen LogP contribution is -2.47. The molecule has 0 amide bonds. The number of rotatable bonds is 31. The van der Waals surface area contributed by atoms with Gasteiger partial charge in [-0.3, -0.25) is 105 Å². The zero-order valence-corrected chi connectivity index (χ0v) is 81.9. The lowest BCUT2D eigenvalue weighted by molar-refractivity contribution is -0.149. The van der Waals surface area contributed by atoms with Crippen molar-refractivity contribution in [3.05, 3.63) is 0 Å². The van der Waals surface area contributed by atoms with E-state index in [0.717, 1.165) is 51.9 Å². The van der Waals surface area contributed by atoms with Gasteiger partial charge in [-0.1, -0.05) is 6.92 Å². The van der Waals surface area contributed by atoms with E-state index in [4.69, 9.17) is 99.8 Å². The first-order valence-electron chi connectivity index (χ1n) is 37.8. The van der Waals surface area contributed by atoms with Gasteiger partial charge in [-0.25, -0.2) is 0 Å². The number of carbonyl (C=O) groups is 12. The van der Waals surface area contributed by atoms with Crippen LogP contribution < -0.4 is 42.5 Å². The Morgan fingerprint density at radius 3 is 1.04 bits per heavy atom. The van der Waals surface area contributed by atoms with Crippen LogP contribution in [-0.4, -0.2) is 508 Å². The molecule has 0 radical (unpaired) electrons. The summed E-state index contributed by atoms with van der Waals surface area (Å²) >= 11 is 0. The van der Waals surface area contributed by atoms with Crippen molar-refractivity contribution in [2.45, 2.75) is 127 Å². The number of ether oxygens (including phenoxy) is 1. The summed E-state index contributed by atoms with van der Waals surface area (Å²) in [5.41, 5.74) is -2.08. The molecule has 4 rings (SSSR count). The highest BCUT2D eigenvalue weighted by Gasteiger charge is 2.48. The molecule has 27 N–H and O–H groups in total. The summed E-state index contributed by atoms with van der Waals surface area (Å²) in [4.78, 5) is 167. The van der Waals surface area contributed by atoms with Crippen molar-refractivity contribution in [1.29, 1.82) is 0 Å². The van der Waals surface area contributed by atoms with Gasteiger partial charge >= 0.3 is 86.8 Å². The number of nitrogens with one attached hydrogen (secondary N) is 8. The third kappa shape index (κ3) is 106. The van der Waals surface area contributed by atoms with Gasteiger partial charge < -0.3 is 143 Å². The SMILES string of the molecule is CC(C(=O)O)N(C)C.CCC(NC)C(=O)O.CN(C)C(C)(C)C(=O)O.CN(C)CC(=O)O.CN(C)CP(=O)(O)O.CN(C)CS(=O)(=O)O.CN1CC(C(=O)O)C1.CN1CCC(C(=O)O)CC1.CN1CCOCC1C(=O)O.CNC(C)(C)C(=O)O.CNC(C)C(=O)O.CNC(CO)C(=O)O.CNC1(C(=O)O)CC1.CNCC(=O)O.CNCP(=O)(O)O.CNCS(=O)(=O)O. The molecule has 0 aromatic rings. The second-order valence-electron chi connectivity index (χ2n) is 29.4. The fourth-order valence-electron chi connectivity index (χ4n) is 6.70. The van der Waals surface area contributed by atoms with Crippen molar-refractivity contribution in [3.63, 3.8) is 0 Å². The molecule has 5 unspecified atom stereocenters. The number of likely N-dealkylation sites (tertiary alicyclic amines) is 2. The number of aliphatic hydroxyl groups is 1. The minimum atomic E-state index is -3.80. The van der Waals surface area contributed by atoms with Crippen molar-refractivity contribution >= 4 is 107 Å². The summed E-state index contributed by atoms with van der Waals surface area (Å²) in [6.07, 6.45) is 3.39. The highest BCUT2D eigenvalue weighted by molar-refractivity contribution is 7.85. The lowest BCUT2D eigenvalue weighted by Gasteiger charge is -2.32. The predicted octanol–water partition coefficient (Wildman–Crippen LogP) is -5.44. The van der Waals surface area contributed by atoms with Crippen molar-refractivity contribution in [2.75, 3.05) is 238 Å². The van der Waals surface area contributed by atoms with Crippen LogP contribution in [0.15, 0.2) is 0 Å². The zero-order valence-electron chi connectivity index (χ0n) is 78.5. The summed E-state index contributed by atoms with van der Waals surface area (Å²) < 4.78 is 80.4. The number of likely N-dealkylation sites (N-methyl/N-ethyl adjacent to an activating group) is 10. The molecule has 3 saturated heterocycles. The van der Waals surface area contributed by atoms with Crippen LogP contribution in [0.5, 0.6) is 0 Å². The number of hydrogen-bond acceptors (Lipinski definition) is 36. The average molecular weight is 1940 g/mol. The molecule has 127 heavy (non-hydrogen) atoms. The summed E-state index contributed by atoms with van der Waals surface area (Å²) in [5, 5.41) is 128. The molecular formula is C69H156N16O38P2S2. The molecule has 0 aromatic carbocycles. The second kappa shape index (κ2) is 79.9. The van der Waals surface area contributed by atoms with Gasteiger partial charge in [0.2, 0.25) is 0 Å². The Bertz CT molecular complexity index is 3270. The van der Waals surface area contributed by atoms with Gasteiger partial charge in [-0.15, -0.1) is 0 Å². The molecule has 1 saturated carbocycles. The number of morpholine rings is 1. The number of carboxylic acids is 12. The van der Waals surface area contributed by atoms with Crippen molar-refractivity contribution < 1.29 is 183 Å². The van der Waals surface area contributed by atoms with Crippen LogP contribution in [0.4, 0.5) is 0 Å².